The molecule has 0 aliphatic carbocycles. The van der Waals surface area contributed by atoms with Gasteiger partial charge in [-0.3, -0.25) is 0 Å². The van der Waals surface area contributed by atoms with Crippen molar-refractivity contribution in [1.82, 2.24) is 9.97 Å². The van der Waals surface area contributed by atoms with Crippen LogP contribution in [0.2, 0.25) is 0 Å². The highest BCUT2D eigenvalue weighted by Crippen LogP contribution is 2.35. The highest BCUT2D eigenvalue weighted by molar-refractivity contribution is 7.17. The van der Waals surface area contributed by atoms with E-state index in [0.717, 1.165) is 18.2 Å². The number of hydrogen-bond acceptors (Lipinski definition) is 5. The summed E-state index contributed by atoms with van der Waals surface area (Å²) in [6.07, 6.45) is 0. The Labute approximate surface area is 155 Å². The van der Waals surface area contributed by atoms with Gasteiger partial charge in [0.15, 0.2) is 17.4 Å². The molecule has 0 N–H and O–H groups in total. The minimum atomic E-state index is -0.819. The molecule has 0 radical (unpaired) electrons. The second-order valence-electron chi connectivity index (χ2n) is 5.47. The number of aromatic nitrogens is 2. The fourth-order valence-corrected chi connectivity index (χ4v) is 3.21. The zero-order valence-corrected chi connectivity index (χ0v) is 14.2. The standard InChI is InChI=1S/C19H8F3N3OS/c20-11-2-3-12(13(21)8-11)18-24-15-5-6-27-17(15)19(25-18)26-16-4-1-10(9-23)7-14(16)22/h1-8H. The topological polar surface area (TPSA) is 58.8 Å². The maximum Gasteiger partial charge on any atom is 0.241 e. The van der Waals surface area contributed by atoms with Gasteiger partial charge in [-0.25, -0.2) is 18.2 Å². The molecule has 0 aliphatic rings. The van der Waals surface area contributed by atoms with Gasteiger partial charge in [0.25, 0.3) is 0 Å². The minimum absolute atomic E-state index is 0.00495. The summed E-state index contributed by atoms with van der Waals surface area (Å²) in [6, 6.07) is 10.3. The summed E-state index contributed by atoms with van der Waals surface area (Å²) in [4.78, 5) is 8.46. The molecule has 27 heavy (non-hydrogen) atoms. The predicted octanol–water partition coefficient (Wildman–Crippen LogP) is 5.44. The average molecular weight is 383 g/mol. The Morgan fingerprint density at radius 2 is 1.81 bits per heavy atom. The first-order valence-corrected chi connectivity index (χ1v) is 8.51. The third-order valence-electron chi connectivity index (χ3n) is 3.71. The van der Waals surface area contributed by atoms with Gasteiger partial charge in [-0.15, -0.1) is 11.3 Å². The molecular weight excluding hydrogens is 375 g/mol. The Hall–Kier alpha value is -3.44. The van der Waals surface area contributed by atoms with E-state index in [9.17, 15) is 13.2 Å². The Bertz CT molecular complexity index is 1220. The summed E-state index contributed by atoms with van der Waals surface area (Å²) in [5.74, 6) is -2.37. The molecular formula is C19H8F3N3OS. The first-order valence-electron chi connectivity index (χ1n) is 7.63. The van der Waals surface area contributed by atoms with Crippen molar-refractivity contribution in [2.45, 2.75) is 0 Å². The molecule has 0 fully saturated rings. The summed E-state index contributed by atoms with van der Waals surface area (Å²) in [5.41, 5.74) is 0.630. The number of benzene rings is 2. The third kappa shape index (κ3) is 3.20. The smallest absolute Gasteiger partial charge is 0.241 e. The minimum Gasteiger partial charge on any atom is -0.434 e. The van der Waals surface area contributed by atoms with E-state index >= 15 is 0 Å². The molecule has 0 atom stereocenters. The summed E-state index contributed by atoms with van der Waals surface area (Å²) in [6.45, 7) is 0. The van der Waals surface area contributed by atoms with Crippen LogP contribution in [0.25, 0.3) is 21.6 Å². The highest BCUT2D eigenvalue weighted by atomic mass is 32.1. The van der Waals surface area contributed by atoms with Gasteiger partial charge in [0.1, 0.15) is 16.3 Å². The predicted molar refractivity (Wildman–Crippen MR) is 94.0 cm³/mol. The van der Waals surface area contributed by atoms with Gasteiger partial charge in [0, 0.05) is 6.07 Å². The number of halogens is 3. The lowest BCUT2D eigenvalue weighted by Gasteiger charge is -2.09. The quantitative estimate of drug-likeness (QED) is 0.473. The van der Waals surface area contributed by atoms with Crippen LogP contribution in [-0.2, 0) is 0 Å². The number of ether oxygens (including phenoxy) is 1. The largest absolute Gasteiger partial charge is 0.434 e. The molecule has 4 rings (SSSR count). The second kappa shape index (κ2) is 6.70. The van der Waals surface area contributed by atoms with E-state index < -0.39 is 17.5 Å². The summed E-state index contributed by atoms with van der Waals surface area (Å²) >= 11 is 1.28. The lowest BCUT2D eigenvalue weighted by atomic mass is 10.2. The third-order valence-corrected chi connectivity index (χ3v) is 4.60. The van der Waals surface area contributed by atoms with E-state index in [1.165, 1.54) is 29.5 Å². The Morgan fingerprint density at radius 1 is 0.963 bits per heavy atom. The zero-order chi connectivity index (χ0) is 19.0. The van der Waals surface area contributed by atoms with Crippen LogP contribution in [-0.4, -0.2) is 9.97 Å². The number of thiophene rings is 1. The Morgan fingerprint density at radius 3 is 2.56 bits per heavy atom. The number of nitrogens with zero attached hydrogens (tertiary/aromatic N) is 3. The van der Waals surface area contributed by atoms with Crippen molar-refractivity contribution in [2.24, 2.45) is 0 Å². The summed E-state index contributed by atoms with van der Waals surface area (Å²) in [7, 11) is 0. The van der Waals surface area contributed by atoms with E-state index in [2.05, 4.69) is 9.97 Å². The van der Waals surface area contributed by atoms with Gasteiger partial charge in [0.05, 0.1) is 22.7 Å². The van der Waals surface area contributed by atoms with E-state index in [1.807, 2.05) is 6.07 Å². The number of rotatable bonds is 3. The van der Waals surface area contributed by atoms with Crippen molar-refractivity contribution in [3.8, 4) is 29.1 Å². The maximum atomic E-state index is 14.2. The lowest BCUT2D eigenvalue weighted by molar-refractivity contribution is 0.432. The molecule has 0 aliphatic heterocycles. The van der Waals surface area contributed by atoms with Gasteiger partial charge in [-0.05, 0) is 41.8 Å². The zero-order valence-electron chi connectivity index (χ0n) is 13.4. The highest BCUT2D eigenvalue weighted by Gasteiger charge is 2.17. The molecule has 2 aromatic heterocycles. The van der Waals surface area contributed by atoms with Crippen molar-refractivity contribution in [1.29, 1.82) is 5.26 Å². The molecule has 8 heteroatoms. The number of hydrogen-bond donors (Lipinski definition) is 0. The van der Waals surface area contributed by atoms with Crippen molar-refractivity contribution in [2.75, 3.05) is 0 Å². The van der Waals surface area contributed by atoms with Crippen LogP contribution in [0, 0.1) is 28.8 Å². The van der Waals surface area contributed by atoms with Gasteiger partial charge >= 0.3 is 0 Å². The van der Waals surface area contributed by atoms with Crippen LogP contribution in [0.15, 0.2) is 47.8 Å². The SMILES string of the molecule is N#Cc1ccc(Oc2nc(-c3ccc(F)cc3F)nc3ccsc23)c(F)c1. The van der Waals surface area contributed by atoms with E-state index in [1.54, 1.807) is 11.4 Å². The molecule has 2 heterocycles. The molecule has 4 aromatic rings. The van der Waals surface area contributed by atoms with E-state index in [4.69, 9.17) is 10.00 Å². The lowest BCUT2D eigenvalue weighted by Crippen LogP contribution is -1.97. The van der Waals surface area contributed by atoms with Crippen molar-refractivity contribution in [3.05, 3.63) is 70.9 Å². The monoisotopic (exact) mass is 383 g/mol. The first-order chi connectivity index (χ1) is 13.0. The summed E-state index contributed by atoms with van der Waals surface area (Å²) in [5, 5.41) is 10.6. The maximum absolute atomic E-state index is 14.2. The average Bonchev–Trinajstić information content (AvgIpc) is 3.12. The fourth-order valence-electron chi connectivity index (χ4n) is 2.45. The van der Waals surface area contributed by atoms with E-state index in [-0.39, 0.29) is 28.6 Å². The molecule has 2 aromatic carbocycles. The fraction of sp³-hybridized carbons (Fsp3) is 0. The van der Waals surface area contributed by atoms with Gasteiger partial charge in [-0.2, -0.15) is 10.2 Å². The van der Waals surface area contributed by atoms with Gasteiger partial charge in [0.2, 0.25) is 5.88 Å². The van der Waals surface area contributed by atoms with Crippen LogP contribution in [0.3, 0.4) is 0 Å². The molecule has 4 nitrogen and oxygen atoms in total. The van der Waals surface area contributed by atoms with Gasteiger partial charge in [-0.1, -0.05) is 0 Å². The molecule has 0 amide bonds. The molecule has 132 valence electrons. The molecule has 0 bridgehead atoms. The Kier molecular flexibility index (Phi) is 4.22. The van der Waals surface area contributed by atoms with Crippen LogP contribution < -0.4 is 4.74 Å². The van der Waals surface area contributed by atoms with Crippen LogP contribution >= 0.6 is 11.3 Å². The van der Waals surface area contributed by atoms with Crippen LogP contribution in [0.1, 0.15) is 5.56 Å². The summed E-state index contributed by atoms with van der Waals surface area (Å²) < 4.78 is 47.6. The Balaban J connectivity index is 1.83. The van der Waals surface area contributed by atoms with Gasteiger partial charge < -0.3 is 4.74 Å². The number of fused-ring (bicyclic) bond motifs is 1. The van der Waals surface area contributed by atoms with Crippen LogP contribution in [0.4, 0.5) is 13.2 Å². The van der Waals surface area contributed by atoms with Crippen molar-refractivity contribution >= 4 is 21.6 Å². The first kappa shape index (κ1) is 17.0. The van der Waals surface area contributed by atoms with E-state index in [0.29, 0.717) is 10.2 Å². The second-order valence-corrected chi connectivity index (χ2v) is 6.39. The normalized spacial score (nSPS) is 10.7. The van der Waals surface area contributed by atoms with Crippen LogP contribution in [0.5, 0.6) is 11.6 Å². The molecule has 0 saturated heterocycles. The van der Waals surface area contributed by atoms with Crippen molar-refractivity contribution < 1.29 is 17.9 Å². The molecule has 0 unspecified atom stereocenters. The molecule has 0 saturated carbocycles. The molecule has 0 spiro atoms. The number of nitriles is 1. The van der Waals surface area contributed by atoms with Crippen molar-refractivity contribution in [3.63, 3.8) is 0 Å².